The Morgan fingerprint density at radius 1 is 1.62 bits per heavy atom. The normalized spacial score (nSPS) is 35.2. The van der Waals surface area contributed by atoms with E-state index < -0.39 is 28.4 Å². The van der Waals surface area contributed by atoms with Crippen LogP contribution in [0.2, 0.25) is 0 Å². The van der Waals surface area contributed by atoms with Crippen molar-refractivity contribution in [2.45, 2.75) is 18.3 Å². The molecule has 1 aliphatic rings. The molecule has 0 unspecified atom stereocenters. The van der Waals surface area contributed by atoms with Crippen molar-refractivity contribution in [3.8, 4) is 0 Å². The van der Waals surface area contributed by atoms with Crippen LogP contribution in [0.4, 0.5) is 0 Å². The molecule has 0 aliphatic carbocycles. The van der Waals surface area contributed by atoms with Gasteiger partial charge in [0.1, 0.15) is 18.3 Å². The Morgan fingerprint density at radius 2 is 2.23 bits per heavy atom. The first kappa shape index (κ1) is 10.9. The second-order valence-corrected chi connectivity index (χ2v) is 4.48. The Labute approximate surface area is 76.2 Å². The summed E-state index contributed by atoms with van der Waals surface area (Å²) in [4.78, 5) is 0. The number of hydrogen-bond donors (Lipinski definition) is 2. The van der Waals surface area contributed by atoms with Crippen molar-refractivity contribution < 1.29 is 27.6 Å². The standard InChI is InChI=1S/C6H12O6S/c1-13(9,10)12-5-3-11-4(2-7)6(5)8/h4-8H,2-3H2,1H3/t4-,5+,6+/m0/s1. The smallest absolute Gasteiger partial charge is 0.264 e. The zero-order valence-corrected chi connectivity index (χ0v) is 7.90. The molecule has 0 radical (unpaired) electrons. The molecule has 0 saturated carbocycles. The van der Waals surface area contributed by atoms with Gasteiger partial charge in [-0.05, 0) is 0 Å². The molecule has 1 rings (SSSR count). The van der Waals surface area contributed by atoms with Gasteiger partial charge >= 0.3 is 0 Å². The molecule has 0 bridgehead atoms. The molecule has 1 aliphatic heterocycles. The molecule has 0 aromatic rings. The Balaban J connectivity index is 2.55. The lowest BCUT2D eigenvalue weighted by atomic mass is 10.2. The van der Waals surface area contributed by atoms with E-state index in [4.69, 9.17) is 9.84 Å². The topological polar surface area (TPSA) is 93.1 Å². The van der Waals surface area contributed by atoms with E-state index in [2.05, 4.69) is 4.18 Å². The lowest BCUT2D eigenvalue weighted by Crippen LogP contribution is -2.35. The van der Waals surface area contributed by atoms with Gasteiger partial charge in [-0.3, -0.25) is 4.18 Å². The van der Waals surface area contributed by atoms with E-state index in [1.165, 1.54) is 0 Å². The molecule has 78 valence electrons. The van der Waals surface area contributed by atoms with E-state index in [-0.39, 0.29) is 13.2 Å². The summed E-state index contributed by atoms with van der Waals surface area (Å²) < 4.78 is 30.8. The predicted molar refractivity (Wildman–Crippen MR) is 42.5 cm³/mol. The molecular formula is C6H12O6S. The van der Waals surface area contributed by atoms with E-state index >= 15 is 0 Å². The van der Waals surface area contributed by atoms with Crippen LogP contribution in [0.15, 0.2) is 0 Å². The van der Waals surface area contributed by atoms with Crippen molar-refractivity contribution in [3.63, 3.8) is 0 Å². The Hall–Kier alpha value is -0.210. The highest BCUT2D eigenvalue weighted by molar-refractivity contribution is 7.86. The van der Waals surface area contributed by atoms with E-state index in [0.29, 0.717) is 0 Å². The van der Waals surface area contributed by atoms with Gasteiger partial charge < -0.3 is 14.9 Å². The van der Waals surface area contributed by atoms with Crippen LogP contribution in [0.3, 0.4) is 0 Å². The lowest BCUT2D eigenvalue weighted by Gasteiger charge is -2.14. The fourth-order valence-corrected chi connectivity index (χ4v) is 1.74. The van der Waals surface area contributed by atoms with E-state index in [1.807, 2.05) is 0 Å². The molecule has 7 heteroatoms. The maximum atomic E-state index is 10.7. The number of aliphatic hydroxyl groups excluding tert-OH is 2. The maximum Gasteiger partial charge on any atom is 0.264 e. The minimum atomic E-state index is -3.59. The molecule has 1 fully saturated rings. The minimum absolute atomic E-state index is 0.0283. The average Bonchev–Trinajstić information content (AvgIpc) is 2.30. The van der Waals surface area contributed by atoms with Crippen molar-refractivity contribution in [2.24, 2.45) is 0 Å². The highest BCUT2D eigenvalue weighted by Gasteiger charge is 2.38. The molecule has 3 atom stereocenters. The summed E-state index contributed by atoms with van der Waals surface area (Å²) >= 11 is 0. The van der Waals surface area contributed by atoms with Crippen molar-refractivity contribution in [3.05, 3.63) is 0 Å². The molecular weight excluding hydrogens is 200 g/mol. The highest BCUT2D eigenvalue weighted by atomic mass is 32.2. The van der Waals surface area contributed by atoms with Crippen molar-refractivity contribution in [2.75, 3.05) is 19.5 Å². The summed E-state index contributed by atoms with van der Waals surface area (Å²) in [7, 11) is -3.59. The summed E-state index contributed by atoms with van der Waals surface area (Å²) in [6.07, 6.45) is -1.87. The van der Waals surface area contributed by atoms with Crippen LogP contribution in [0.25, 0.3) is 0 Å². The van der Waals surface area contributed by atoms with Crippen LogP contribution >= 0.6 is 0 Å². The van der Waals surface area contributed by atoms with Crippen LogP contribution < -0.4 is 0 Å². The molecule has 0 amide bonds. The summed E-state index contributed by atoms with van der Waals surface area (Å²) in [6.45, 7) is -0.385. The predicted octanol–water partition coefficient (Wildman–Crippen LogP) is -1.92. The van der Waals surface area contributed by atoms with Crippen molar-refractivity contribution in [1.29, 1.82) is 0 Å². The number of rotatable bonds is 3. The van der Waals surface area contributed by atoms with Gasteiger partial charge in [-0.1, -0.05) is 0 Å². The molecule has 0 aromatic carbocycles. The van der Waals surface area contributed by atoms with Gasteiger partial charge in [-0.15, -0.1) is 0 Å². The molecule has 2 N–H and O–H groups in total. The highest BCUT2D eigenvalue weighted by Crippen LogP contribution is 2.18. The third-order valence-corrected chi connectivity index (χ3v) is 2.31. The SMILES string of the molecule is CS(=O)(=O)O[C@@H]1CO[C@@H](CO)[C@H]1O. The van der Waals surface area contributed by atoms with Gasteiger partial charge in [-0.2, -0.15) is 8.42 Å². The molecule has 13 heavy (non-hydrogen) atoms. The summed E-state index contributed by atoms with van der Waals surface area (Å²) in [5.41, 5.74) is 0. The fraction of sp³-hybridized carbons (Fsp3) is 1.00. The summed E-state index contributed by atoms with van der Waals surface area (Å²) in [5, 5.41) is 18.0. The summed E-state index contributed by atoms with van der Waals surface area (Å²) in [5.74, 6) is 0. The van der Waals surface area contributed by atoms with Gasteiger partial charge in [-0.25, -0.2) is 0 Å². The van der Waals surface area contributed by atoms with Crippen LogP contribution in [0.5, 0.6) is 0 Å². The third-order valence-electron chi connectivity index (χ3n) is 1.71. The quantitative estimate of drug-likeness (QED) is 0.530. The zero-order chi connectivity index (χ0) is 10.1. The van der Waals surface area contributed by atoms with Crippen LogP contribution in [-0.4, -0.2) is 56.4 Å². The molecule has 0 aromatic heterocycles. The first-order valence-corrected chi connectivity index (χ1v) is 5.54. The number of ether oxygens (including phenoxy) is 1. The van der Waals surface area contributed by atoms with E-state index in [9.17, 15) is 13.5 Å². The van der Waals surface area contributed by atoms with E-state index in [0.717, 1.165) is 6.26 Å². The monoisotopic (exact) mass is 212 g/mol. The fourth-order valence-electron chi connectivity index (χ4n) is 1.12. The first-order chi connectivity index (χ1) is 5.94. The Kier molecular flexibility index (Phi) is 3.25. The van der Waals surface area contributed by atoms with Crippen LogP contribution in [-0.2, 0) is 19.0 Å². The van der Waals surface area contributed by atoms with Gasteiger partial charge in [0.15, 0.2) is 0 Å². The third kappa shape index (κ3) is 2.89. The maximum absolute atomic E-state index is 10.7. The molecule has 1 heterocycles. The largest absolute Gasteiger partial charge is 0.394 e. The van der Waals surface area contributed by atoms with E-state index in [1.54, 1.807) is 0 Å². The molecule has 6 nitrogen and oxygen atoms in total. The van der Waals surface area contributed by atoms with Gasteiger partial charge in [0.25, 0.3) is 10.1 Å². The minimum Gasteiger partial charge on any atom is -0.394 e. The molecule has 0 spiro atoms. The zero-order valence-electron chi connectivity index (χ0n) is 7.08. The number of aliphatic hydroxyl groups is 2. The van der Waals surface area contributed by atoms with Gasteiger partial charge in [0, 0.05) is 0 Å². The molecule has 1 saturated heterocycles. The second kappa shape index (κ2) is 3.89. The summed E-state index contributed by atoms with van der Waals surface area (Å²) in [6, 6.07) is 0. The van der Waals surface area contributed by atoms with Gasteiger partial charge in [0.2, 0.25) is 0 Å². The first-order valence-electron chi connectivity index (χ1n) is 3.73. The Bertz CT molecular complexity index is 260. The number of hydrogen-bond acceptors (Lipinski definition) is 6. The Morgan fingerprint density at radius 3 is 2.62 bits per heavy atom. The van der Waals surface area contributed by atoms with Crippen molar-refractivity contribution >= 4 is 10.1 Å². The lowest BCUT2D eigenvalue weighted by molar-refractivity contribution is -0.00275. The van der Waals surface area contributed by atoms with Crippen LogP contribution in [0.1, 0.15) is 0 Å². The average molecular weight is 212 g/mol. The second-order valence-electron chi connectivity index (χ2n) is 2.88. The van der Waals surface area contributed by atoms with Crippen LogP contribution in [0, 0.1) is 0 Å². The van der Waals surface area contributed by atoms with Gasteiger partial charge in [0.05, 0.1) is 19.5 Å². The van der Waals surface area contributed by atoms with Crippen molar-refractivity contribution in [1.82, 2.24) is 0 Å².